The number of azo groups is 1. The molecule has 6 aromatic rings. The fraction of sp³-hybridized carbons (Fsp3) is 0.152. The maximum atomic E-state index is 12.7. The number of nitrogens with one attached hydrogen (secondary N) is 5. The first kappa shape index (κ1) is 30.6. The molecule has 0 aliphatic carbocycles. The molecule has 1 aromatic heterocycles. The zero-order valence-electron chi connectivity index (χ0n) is 24.9. The molecule has 0 radical (unpaired) electrons. The van der Waals surface area contributed by atoms with Crippen LogP contribution in [-0.4, -0.2) is 16.2 Å². The molecule has 13 heteroatoms. The van der Waals surface area contributed by atoms with Crippen LogP contribution in [0.5, 0.6) is 0 Å². The Labute approximate surface area is 266 Å². The Bertz CT molecular complexity index is 1990. The van der Waals surface area contributed by atoms with E-state index in [-0.39, 0.29) is 5.13 Å². The van der Waals surface area contributed by atoms with Crippen molar-refractivity contribution in [3.63, 3.8) is 0 Å². The molecule has 1 heterocycles. The molecule has 1 unspecified atom stereocenters. The minimum Gasteiger partial charge on any atom is -0.382 e. The fourth-order valence-electron chi connectivity index (χ4n) is 4.78. The number of rotatable bonds is 11. The molecular weight excluding hydrogens is 611 g/mol. The van der Waals surface area contributed by atoms with Crippen LogP contribution in [0.1, 0.15) is 25.3 Å². The molecule has 9 nitrogen and oxygen atoms in total. The third-order valence-electron chi connectivity index (χ3n) is 7.31. The van der Waals surface area contributed by atoms with Crippen LogP contribution in [0.4, 0.5) is 52.4 Å². The van der Waals surface area contributed by atoms with E-state index < -0.39 is 11.2 Å². The zero-order chi connectivity index (χ0) is 32.1. The number of fused-ring (bicyclic) bond motifs is 2. The van der Waals surface area contributed by atoms with Crippen molar-refractivity contribution in [2.45, 2.75) is 32.5 Å². The van der Waals surface area contributed by atoms with Gasteiger partial charge in [-0.1, -0.05) is 66.8 Å². The van der Waals surface area contributed by atoms with E-state index in [1.54, 1.807) is 24.3 Å². The summed E-state index contributed by atoms with van der Waals surface area (Å²) >= 11 is 0.334. The van der Waals surface area contributed by atoms with E-state index in [0.717, 1.165) is 56.4 Å². The number of alkyl halides is 3. The van der Waals surface area contributed by atoms with Gasteiger partial charge < -0.3 is 27.0 Å². The van der Waals surface area contributed by atoms with E-state index in [1.165, 1.54) is 0 Å². The molecular formula is C33H30F3N9S. The van der Waals surface area contributed by atoms with Gasteiger partial charge in [-0.3, -0.25) is 0 Å². The summed E-state index contributed by atoms with van der Waals surface area (Å²) in [5.41, 5.74) is 18.3. The van der Waals surface area contributed by atoms with Crippen LogP contribution in [0.15, 0.2) is 107 Å². The second-order valence-electron chi connectivity index (χ2n) is 10.5. The molecule has 0 bridgehead atoms. The van der Waals surface area contributed by atoms with Crippen molar-refractivity contribution >= 4 is 72.1 Å². The monoisotopic (exact) mass is 641 g/mol. The van der Waals surface area contributed by atoms with Crippen molar-refractivity contribution in [1.82, 2.24) is 10.2 Å². The number of anilines is 5. The fourth-order valence-corrected chi connectivity index (χ4v) is 5.31. The zero-order valence-corrected chi connectivity index (χ0v) is 25.7. The van der Waals surface area contributed by atoms with Crippen LogP contribution in [-0.2, 0) is 6.18 Å². The SMILES string of the molecule is CCC(C)Nc1ccc(NNc2ccc(NNc3ccc(N=Nc4nnc(C(F)(F)F)s4)cc3)c3ccccc23)c2ccccc12. The number of hydrogen-bond acceptors (Lipinski definition) is 10. The van der Waals surface area contributed by atoms with Gasteiger partial charge in [0.15, 0.2) is 0 Å². The van der Waals surface area contributed by atoms with E-state index in [1.807, 2.05) is 36.4 Å². The first-order valence-electron chi connectivity index (χ1n) is 14.5. The highest BCUT2D eigenvalue weighted by atomic mass is 32.1. The Balaban J connectivity index is 1.13. The summed E-state index contributed by atoms with van der Waals surface area (Å²) in [5, 5.41) is 20.9. The minimum atomic E-state index is -4.56. The smallest absolute Gasteiger partial charge is 0.382 e. The maximum Gasteiger partial charge on any atom is 0.445 e. The van der Waals surface area contributed by atoms with Gasteiger partial charge in [0.25, 0.3) is 5.13 Å². The Hall–Kier alpha value is -5.43. The van der Waals surface area contributed by atoms with Crippen LogP contribution in [0, 0.1) is 0 Å². The van der Waals surface area contributed by atoms with Crippen LogP contribution < -0.4 is 27.0 Å². The molecule has 0 aliphatic heterocycles. The van der Waals surface area contributed by atoms with E-state index >= 15 is 0 Å². The summed E-state index contributed by atoms with van der Waals surface area (Å²) in [6.07, 6.45) is -3.52. The number of hydrazine groups is 2. The summed E-state index contributed by atoms with van der Waals surface area (Å²) in [4.78, 5) is 0. The van der Waals surface area contributed by atoms with Gasteiger partial charge in [0.2, 0.25) is 5.01 Å². The summed E-state index contributed by atoms with van der Waals surface area (Å²) < 4.78 is 38.2. The minimum absolute atomic E-state index is 0.170. The molecule has 0 saturated heterocycles. The summed E-state index contributed by atoms with van der Waals surface area (Å²) in [7, 11) is 0. The van der Waals surface area contributed by atoms with Gasteiger partial charge in [-0.05, 0) is 61.9 Å². The number of halogens is 3. The van der Waals surface area contributed by atoms with Crippen LogP contribution in [0.2, 0.25) is 0 Å². The molecule has 0 aliphatic rings. The van der Waals surface area contributed by atoms with Crippen LogP contribution in [0.3, 0.4) is 0 Å². The molecule has 5 aromatic carbocycles. The molecule has 234 valence electrons. The lowest BCUT2D eigenvalue weighted by Crippen LogP contribution is -2.14. The lowest BCUT2D eigenvalue weighted by molar-refractivity contribution is -0.138. The van der Waals surface area contributed by atoms with Crippen molar-refractivity contribution in [2.75, 3.05) is 27.0 Å². The molecule has 6 rings (SSSR count). The molecule has 0 saturated carbocycles. The molecule has 0 fully saturated rings. The van der Waals surface area contributed by atoms with Gasteiger partial charge in [-0.2, -0.15) is 13.2 Å². The summed E-state index contributed by atoms with van der Waals surface area (Å²) in [6.45, 7) is 4.35. The van der Waals surface area contributed by atoms with E-state index in [2.05, 4.69) is 97.7 Å². The quantitative estimate of drug-likeness (QED) is 0.0707. The number of benzene rings is 5. The molecule has 5 N–H and O–H groups in total. The second kappa shape index (κ2) is 13.3. The van der Waals surface area contributed by atoms with Gasteiger partial charge in [0.1, 0.15) is 0 Å². The predicted octanol–water partition coefficient (Wildman–Crippen LogP) is 10.4. The molecule has 1 atom stereocenters. The first-order chi connectivity index (χ1) is 22.3. The van der Waals surface area contributed by atoms with Gasteiger partial charge in [0, 0.05) is 33.3 Å². The van der Waals surface area contributed by atoms with Gasteiger partial charge >= 0.3 is 6.18 Å². The molecule has 46 heavy (non-hydrogen) atoms. The lowest BCUT2D eigenvalue weighted by Gasteiger charge is -2.19. The molecule has 0 amide bonds. The highest BCUT2D eigenvalue weighted by molar-refractivity contribution is 7.15. The third-order valence-corrected chi connectivity index (χ3v) is 8.16. The number of nitrogens with zero attached hydrogens (tertiary/aromatic N) is 4. The number of aromatic nitrogens is 2. The van der Waals surface area contributed by atoms with Crippen molar-refractivity contribution in [3.05, 3.63) is 102 Å². The maximum absolute atomic E-state index is 12.7. The largest absolute Gasteiger partial charge is 0.445 e. The van der Waals surface area contributed by atoms with Crippen molar-refractivity contribution in [3.8, 4) is 0 Å². The van der Waals surface area contributed by atoms with Crippen molar-refractivity contribution in [2.24, 2.45) is 10.2 Å². The summed E-state index contributed by atoms with van der Waals surface area (Å²) in [6, 6.07) is 31.9. The number of hydrogen-bond donors (Lipinski definition) is 5. The standard InChI is InChI=1S/C33H30F3N9S/c1-3-20(2)37-27-16-17-29(24-9-5-4-8-23(24)27)41-42-30-19-18-28(25-10-6-7-11-26(25)30)40-38-21-12-14-22(15-13-21)39-44-32-45-43-31(46-32)33(34,35)36/h4-20,37-38,40-42H,3H2,1-2H3. The average Bonchev–Trinajstić information content (AvgIpc) is 3.57. The normalized spacial score (nSPS) is 12.4. The predicted molar refractivity (Wildman–Crippen MR) is 181 cm³/mol. The van der Waals surface area contributed by atoms with Gasteiger partial charge in [-0.25, -0.2) is 0 Å². The lowest BCUT2D eigenvalue weighted by atomic mass is 10.1. The van der Waals surface area contributed by atoms with Crippen molar-refractivity contribution in [1.29, 1.82) is 0 Å². The Morgan fingerprint density at radius 3 is 1.65 bits per heavy atom. The third kappa shape index (κ3) is 6.94. The first-order valence-corrected chi connectivity index (χ1v) is 15.4. The van der Waals surface area contributed by atoms with E-state index in [0.29, 0.717) is 23.1 Å². The Morgan fingerprint density at radius 1 is 0.652 bits per heavy atom. The van der Waals surface area contributed by atoms with Gasteiger partial charge in [0.05, 0.1) is 28.4 Å². The van der Waals surface area contributed by atoms with Crippen molar-refractivity contribution < 1.29 is 13.2 Å². The Morgan fingerprint density at radius 2 is 1.15 bits per heavy atom. The van der Waals surface area contributed by atoms with E-state index in [9.17, 15) is 13.2 Å². The highest BCUT2D eigenvalue weighted by Crippen LogP contribution is 2.35. The van der Waals surface area contributed by atoms with E-state index in [4.69, 9.17) is 0 Å². The van der Waals surface area contributed by atoms with Gasteiger partial charge in [-0.15, -0.1) is 20.4 Å². The highest BCUT2D eigenvalue weighted by Gasteiger charge is 2.35. The second-order valence-corrected chi connectivity index (χ2v) is 11.5. The van der Waals surface area contributed by atoms with Crippen LogP contribution in [0.25, 0.3) is 21.5 Å². The Kier molecular flexibility index (Phi) is 8.83. The summed E-state index contributed by atoms with van der Waals surface area (Å²) in [5.74, 6) is 0. The topological polar surface area (TPSA) is 111 Å². The average molecular weight is 642 g/mol. The van der Waals surface area contributed by atoms with Crippen LogP contribution >= 0.6 is 11.3 Å². The molecule has 0 spiro atoms.